The summed E-state index contributed by atoms with van der Waals surface area (Å²) in [6, 6.07) is 20.8. The van der Waals surface area contributed by atoms with Crippen molar-refractivity contribution >= 4 is 51.1 Å². The number of aromatic nitrogens is 1. The van der Waals surface area contributed by atoms with E-state index in [-0.39, 0.29) is 11.4 Å². The zero-order valence-electron chi connectivity index (χ0n) is 21.2. The highest BCUT2D eigenvalue weighted by atomic mass is 16.5. The van der Waals surface area contributed by atoms with Crippen molar-refractivity contribution in [3.8, 4) is 0 Å². The Morgan fingerprint density at radius 3 is 2.57 bits per heavy atom. The number of aryl methyl sites for hydroxylation is 1. The predicted molar refractivity (Wildman–Crippen MR) is 144 cm³/mol. The first kappa shape index (κ1) is 22.8. The number of nitrogens with zero attached hydrogens (tertiary/aromatic N) is 4. The van der Waals surface area contributed by atoms with E-state index in [0.29, 0.717) is 5.56 Å². The van der Waals surface area contributed by atoms with E-state index in [2.05, 4.69) is 72.4 Å². The van der Waals surface area contributed by atoms with Crippen molar-refractivity contribution in [2.75, 3.05) is 26.2 Å². The predicted octanol–water partition coefficient (Wildman–Crippen LogP) is 5.73. The molecule has 6 heteroatoms. The monoisotopic (exact) mass is 467 g/mol. The number of benzene rings is 3. The SMILES string of the molecule is CCn1c2ccccc2c2cc(N(C)N=CC3=[N+](C)c4ccc(C(=O)OC)cc4C3(C)C)ccc21. The van der Waals surface area contributed by atoms with Crippen molar-refractivity contribution in [1.29, 1.82) is 0 Å². The summed E-state index contributed by atoms with van der Waals surface area (Å²) < 4.78 is 9.41. The Morgan fingerprint density at radius 1 is 1.09 bits per heavy atom. The molecule has 5 rings (SSSR count). The lowest BCUT2D eigenvalue weighted by atomic mass is 9.81. The standard InChI is InChI=1S/C29H31N4O2/c1-7-33-24-11-9-8-10-21(24)22-17-20(13-15-25(22)33)32(5)30-18-27-29(2,3)23-16-19(28(34)35-6)12-14-26(23)31(27)4/h8-18H,7H2,1-6H3/q+1. The Morgan fingerprint density at radius 2 is 1.83 bits per heavy atom. The Balaban J connectivity index is 1.49. The van der Waals surface area contributed by atoms with Gasteiger partial charge in [0.05, 0.1) is 23.8 Å². The second-order valence-corrected chi connectivity index (χ2v) is 9.52. The number of rotatable bonds is 5. The van der Waals surface area contributed by atoms with Crippen LogP contribution in [0.1, 0.15) is 36.7 Å². The van der Waals surface area contributed by atoms with E-state index in [9.17, 15) is 4.79 Å². The van der Waals surface area contributed by atoms with Crippen LogP contribution in [0.25, 0.3) is 21.8 Å². The van der Waals surface area contributed by atoms with Crippen LogP contribution in [0.5, 0.6) is 0 Å². The quantitative estimate of drug-likeness (QED) is 0.163. The van der Waals surface area contributed by atoms with E-state index in [1.165, 1.54) is 28.9 Å². The zero-order chi connectivity index (χ0) is 24.9. The maximum Gasteiger partial charge on any atom is 0.337 e. The third-order valence-corrected chi connectivity index (χ3v) is 7.25. The highest BCUT2D eigenvalue weighted by molar-refractivity contribution is 6.33. The number of hydrazone groups is 1. The van der Waals surface area contributed by atoms with Crippen LogP contribution < -0.4 is 5.01 Å². The van der Waals surface area contributed by atoms with Gasteiger partial charge < -0.3 is 9.30 Å². The van der Waals surface area contributed by atoms with E-state index in [4.69, 9.17) is 9.84 Å². The molecule has 0 amide bonds. The summed E-state index contributed by atoms with van der Waals surface area (Å²) in [7, 11) is 5.42. The molecule has 1 aliphatic rings. The molecule has 0 saturated carbocycles. The van der Waals surface area contributed by atoms with Gasteiger partial charge in [-0.2, -0.15) is 9.68 Å². The summed E-state index contributed by atoms with van der Waals surface area (Å²) in [5, 5.41) is 9.23. The van der Waals surface area contributed by atoms with Crippen molar-refractivity contribution in [2.45, 2.75) is 32.7 Å². The van der Waals surface area contributed by atoms with Gasteiger partial charge in [0, 0.05) is 47.0 Å². The Bertz CT molecular complexity index is 1540. The molecule has 0 unspecified atom stereocenters. The van der Waals surface area contributed by atoms with Gasteiger partial charge in [-0.3, -0.25) is 5.01 Å². The average molecular weight is 468 g/mol. The normalized spacial score (nSPS) is 14.8. The Hall–Kier alpha value is -3.93. The molecule has 4 aromatic rings. The van der Waals surface area contributed by atoms with Crippen molar-refractivity contribution in [3.63, 3.8) is 0 Å². The van der Waals surface area contributed by atoms with Crippen LogP contribution in [-0.2, 0) is 16.7 Å². The number of ether oxygens (including phenoxy) is 1. The number of anilines is 1. The minimum Gasteiger partial charge on any atom is -0.465 e. The highest BCUT2D eigenvalue weighted by Crippen LogP contribution is 2.39. The van der Waals surface area contributed by atoms with E-state index in [1.54, 1.807) is 0 Å². The summed E-state index contributed by atoms with van der Waals surface area (Å²) >= 11 is 0. The number of hydrogen-bond donors (Lipinski definition) is 0. The van der Waals surface area contributed by atoms with Gasteiger partial charge in [-0.05, 0) is 57.2 Å². The Labute approximate surface area is 205 Å². The second-order valence-electron chi connectivity index (χ2n) is 9.52. The van der Waals surface area contributed by atoms with Gasteiger partial charge in [0.1, 0.15) is 13.3 Å². The molecule has 1 aliphatic heterocycles. The van der Waals surface area contributed by atoms with Crippen LogP contribution in [0.15, 0.2) is 65.8 Å². The molecule has 0 fully saturated rings. The van der Waals surface area contributed by atoms with Crippen LogP contribution in [0.3, 0.4) is 0 Å². The van der Waals surface area contributed by atoms with Gasteiger partial charge >= 0.3 is 5.97 Å². The maximum atomic E-state index is 12.1. The minimum atomic E-state index is -0.326. The van der Waals surface area contributed by atoms with Gasteiger partial charge in [-0.15, -0.1) is 0 Å². The van der Waals surface area contributed by atoms with Gasteiger partial charge in [0.25, 0.3) is 0 Å². The fraction of sp³-hybridized carbons (Fsp3) is 0.276. The van der Waals surface area contributed by atoms with Crippen LogP contribution in [0, 0.1) is 0 Å². The van der Waals surface area contributed by atoms with Crippen LogP contribution in [-0.4, -0.2) is 48.2 Å². The number of esters is 1. The lowest BCUT2D eigenvalue weighted by Gasteiger charge is -2.17. The number of carbonyl (C=O) groups excluding carboxylic acids is 1. The van der Waals surface area contributed by atoms with Gasteiger partial charge in [0.15, 0.2) is 0 Å². The maximum absolute atomic E-state index is 12.1. The molecular formula is C29H31N4O2+. The third-order valence-electron chi connectivity index (χ3n) is 7.25. The van der Waals surface area contributed by atoms with Gasteiger partial charge in [-0.1, -0.05) is 18.2 Å². The van der Waals surface area contributed by atoms with E-state index in [0.717, 1.165) is 29.2 Å². The fourth-order valence-electron chi connectivity index (χ4n) is 5.30. The lowest BCUT2D eigenvalue weighted by molar-refractivity contribution is -0.400. The van der Waals surface area contributed by atoms with Crippen LogP contribution in [0.2, 0.25) is 0 Å². The number of fused-ring (bicyclic) bond motifs is 4. The molecule has 1 aromatic heterocycles. The molecule has 0 bridgehead atoms. The molecule has 35 heavy (non-hydrogen) atoms. The zero-order valence-corrected chi connectivity index (χ0v) is 21.2. The first-order valence-corrected chi connectivity index (χ1v) is 11.9. The first-order valence-electron chi connectivity index (χ1n) is 11.9. The Kier molecular flexibility index (Phi) is 5.47. The average Bonchev–Trinajstić information content (AvgIpc) is 3.29. The number of para-hydroxylation sites is 1. The first-order chi connectivity index (χ1) is 16.8. The van der Waals surface area contributed by atoms with Crippen molar-refractivity contribution in [2.24, 2.45) is 5.10 Å². The molecule has 0 atom stereocenters. The van der Waals surface area contributed by atoms with Crippen molar-refractivity contribution in [1.82, 2.24) is 4.57 Å². The molecule has 0 saturated heterocycles. The number of carbonyl (C=O) groups is 1. The molecule has 6 nitrogen and oxygen atoms in total. The molecule has 0 aliphatic carbocycles. The second kappa shape index (κ2) is 8.38. The molecule has 178 valence electrons. The van der Waals surface area contributed by atoms with E-state index < -0.39 is 0 Å². The molecule has 0 N–H and O–H groups in total. The van der Waals surface area contributed by atoms with Crippen molar-refractivity contribution in [3.05, 3.63) is 71.8 Å². The summed E-state index contributed by atoms with van der Waals surface area (Å²) in [6.07, 6.45) is 1.93. The number of hydrogen-bond acceptors (Lipinski definition) is 4. The fourth-order valence-corrected chi connectivity index (χ4v) is 5.30. The third kappa shape index (κ3) is 3.52. The van der Waals surface area contributed by atoms with Gasteiger partial charge in [0.2, 0.25) is 11.4 Å². The summed E-state index contributed by atoms with van der Waals surface area (Å²) in [6.45, 7) is 7.42. The molecular weight excluding hydrogens is 436 g/mol. The molecule has 0 spiro atoms. The van der Waals surface area contributed by atoms with Crippen LogP contribution in [0.4, 0.5) is 11.4 Å². The minimum absolute atomic E-state index is 0.309. The molecule has 2 heterocycles. The van der Waals surface area contributed by atoms with E-state index >= 15 is 0 Å². The van der Waals surface area contributed by atoms with Crippen LogP contribution >= 0.6 is 0 Å². The summed E-state index contributed by atoms with van der Waals surface area (Å²) in [4.78, 5) is 12.1. The highest BCUT2D eigenvalue weighted by Gasteiger charge is 2.44. The van der Waals surface area contributed by atoms with E-state index in [1.807, 2.05) is 43.5 Å². The molecule has 0 radical (unpaired) electrons. The summed E-state index contributed by atoms with van der Waals surface area (Å²) in [5.74, 6) is -0.326. The van der Waals surface area contributed by atoms with Crippen molar-refractivity contribution < 1.29 is 14.1 Å². The van der Waals surface area contributed by atoms with Gasteiger partial charge in [-0.25, -0.2) is 4.79 Å². The number of methoxy groups -OCH3 is 1. The summed E-state index contributed by atoms with van der Waals surface area (Å²) in [5.41, 5.74) is 6.98. The largest absolute Gasteiger partial charge is 0.465 e. The lowest BCUT2D eigenvalue weighted by Crippen LogP contribution is -2.30. The molecule has 3 aromatic carbocycles. The smallest absolute Gasteiger partial charge is 0.337 e. The topological polar surface area (TPSA) is 49.8 Å².